The minimum atomic E-state index is 1.04. The van der Waals surface area contributed by atoms with Gasteiger partial charge in [0.05, 0.1) is 0 Å². The highest BCUT2D eigenvalue weighted by molar-refractivity contribution is 5.83. The van der Waals surface area contributed by atoms with Crippen LogP contribution in [0.3, 0.4) is 0 Å². The summed E-state index contributed by atoms with van der Waals surface area (Å²) < 4.78 is 0. The van der Waals surface area contributed by atoms with Crippen molar-refractivity contribution < 1.29 is 0 Å². The third-order valence-electron chi connectivity index (χ3n) is 3.27. The quantitative estimate of drug-likeness (QED) is 0.619. The van der Waals surface area contributed by atoms with E-state index >= 15 is 0 Å². The van der Waals surface area contributed by atoms with Gasteiger partial charge in [-0.3, -0.25) is 0 Å². The van der Waals surface area contributed by atoms with Gasteiger partial charge in [-0.05, 0) is 35.6 Å². The summed E-state index contributed by atoms with van der Waals surface area (Å²) in [5.74, 6) is 0. The molecule has 0 amide bonds. The van der Waals surface area contributed by atoms with Gasteiger partial charge in [-0.25, -0.2) is 0 Å². The summed E-state index contributed by atoms with van der Waals surface area (Å²) >= 11 is 0. The molecule has 0 heterocycles. The minimum Gasteiger partial charge on any atom is -0.0798 e. The summed E-state index contributed by atoms with van der Waals surface area (Å²) in [7, 11) is 0. The van der Waals surface area contributed by atoms with Gasteiger partial charge in [0.25, 0.3) is 0 Å². The molecule has 0 radical (unpaired) electrons. The Kier molecular flexibility index (Phi) is 4.74. The van der Waals surface area contributed by atoms with Crippen molar-refractivity contribution in [3.05, 3.63) is 83.9 Å². The highest BCUT2D eigenvalue weighted by atomic mass is 14.1. The van der Waals surface area contributed by atoms with Crippen LogP contribution in [-0.2, 0) is 0 Å². The first-order chi connectivity index (χ1) is 9.35. The fourth-order valence-corrected chi connectivity index (χ4v) is 2.19. The lowest BCUT2D eigenvalue weighted by molar-refractivity contribution is 1.24. The van der Waals surface area contributed by atoms with Crippen molar-refractivity contribution in [3.8, 4) is 0 Å². The molecule has 0 bridgehead atoms. The first kappa shape index (κ1) is 13.4. The normalized spacial score (nSPS) is 12.5. The van der Waals surface area contributed by atoms with E-state index in [0.717, 1.165) is 6.42 Å². The molecule has 0 N–H and O–H groups in total. The van der Waals surface area contributed by atoms with Gasteiger partial charge in [0.15, 0.2) is 0 Å². The van der Waals surface area contributed by atoms with Crippen molar-refractivity contribution in [3.63, 3.8) is 0 Å². The first-order valence-corrected chi connectivity index (χ1v) is 6.83. The molecule has 2 rings (SSSR count). The molecule has 0 heteroatoms. The highest BCUT2D eigenvalue weighted by Crippen LogP contribution is 2.24. The number of rotatable bonds is 4. The summed E-state index contributed by atoms with van der Waals surface area (Å²) in [5.41, 5.74) is 5.23. The van der Waals surface area contributed by atoms with Crippen molar-refractivity contribution in [2.75, 3.05) is 0 Å². The van der Waals surface area contributed by atoms with Crippen LogP contribution in [0.4, 0.5) is 0 Å². The van der Waals surface area contributed by atoms with Gasteiger partial charge in [0.1, 0.15) is 0 Å². The SMILES string of the molecule is C/C=C(/C=C(\CC)c1ccccc1)c1ccccc1. The number of hydrogen-bond donors (Lipinski definition) is 0. The Morgan fingerprint density at radius 2 is 1.37 bits per heavy atom. The number of benzene rings is 2. The lowest BCUT2D eigenvalue weighted by Crippen LogP contribution is -1.86. The van der Waals surface area contributed by atoms with Crippen LogP contribution in [0, 0.1) is 0 Å². The Hall–Kier alpha value is -2.08. The summed E-state index contributed by atoms with van der Waals surface area (Å²) in [6.45, 7) is 4.30. The molecule has 0 saturated heterocycles. The van der Waals surface area contributed by atoms with Crippen LogP contribution in [0.1, 0.15) is 31.4 Å². The Labute approximate surface area is 116 Å². The van der Waals surface area contributed by atoms with Gasteiger partial charge >= 0.3 is 0 Å². The van der Waals surface area contributed by atoms with E-state index in [9.17, 15) is 0 Å². The van der Waals surface area contributed by atoms with E-state index in [2.05, 4.69) is 86.7 Å². The van der Waals surface area contributed by atoms with Crippen LogP contribution >= 0.6 is 0 Å². The summed E-state index contributed by atoms with van der Waals surface area (Å²) in [6, 6.07) is 21.1. The van der Waals surface area contributed by atoms with Gasteiger partial charge < -0.3 is 0 Å². The smallest absolute Gasteiger partial charge is 0.0187 e. The third kappa shape index (κ3) is 3.45. The van der Waals surface area contributed by atoms with Crippen molar-refractivity contribution in [1.82, 2.24) is 0 Å². The average molecular weight is 248 g/mol. The maximum absolute atomic E-state index is 2.30. The van der Waals surface area contributed by atoms with Gasteiger partial charge in [-0.1, -0.05) is 79.7 Å². The van der Waals surface area contributed by atoms with Crippen LogP contribution in [0.15, 0.2) is 72.8 Å². The van der Waals surface area contributed by atoms with Crippen molar-refractivity contribution in [1.29, 1.82) is 0 Å². The molecule has 2 aromatic rings. The molecule has 0 fully saturated rings. The maximum Gasteiger partial charge on any atom is -0.0187 e. The van der Waals surface area contributed by atoms with Crippen LogP contribution in [0.5, 0.6) is 0 Å². The molecular formula is C19H20. The van der Waals surface area contributed by atoms with E-state index in [4.69, 9.17) is 0 Å². The van der Waals surface area contributed by atoms with Crippen molar-refractivity contribution in [2.45, 2.75) is 20.3 Å². The molecule has 0 aromatic heterocycles. The molecular weight excluding hydrogens is 228 g/mol. The highest BCUT2D eigenvalue weighted by Gasteiger charge is 2.01. The molecule has 0 aliphatic rings. The Balaban J connectivity index is 2.37. The first-order valence-electron chi connectivity index (χ1n) is 6.83. The monoisotopic (exact) mass is 248 g/mol. The molecule has 0 aliphatic carbocycles. The average Bonchev–Trinajstić information content (AvgIpc) is 2.50. The molecule has 0 saturated carbocycles. The zero-order valence-corrected chi connectivity index (χ0v) is 11.6. The zero-order valence-electron chi connectivity index (χ0n) is 11.6. The van der Waals surface area contributed by atoms with Gasteiger partial charge in [-0.15, -0.1) is 0 Å². The van der Waals surface area contributed by atoms with Crippen LogP contribution in [-0.4, -0.2) is 0 Å². The van der Waals surface area contributed by atoms with Crippen molar-refractivity contribution >= 4 is 11.1 Å². The lowest BCUT2D eigenvalue weighted by Gasteiger charge is -2.08. The topological polar surface area (TPSA) is 0 Å². The predicted octanol–water partition coefficient (Wildman–Crippen LogP) is 5.58. The second kappa shape index (κ2) is 6.75. The fraction of sp³-hybridized carbons (Fsp3) is 0.158. The van der Waals surface area contributed by atoms with E-state index in [0.29, 0.717) is 0 Å². The third-order valence-corrected chi connectivity index (χ3v) is 3.27. The standard InChI is InChI=1S/C19H20/c1-3-16(18-11-7-5-8-12-18)15-17(4-2)19-13-9-6-10-14-19/h3,5-15H,4H2,1-2H3/b16-3-,17-15+. The summed E-state index contributed by atoms with van der Waals surface area (Å²) in [5, 5.41) is 0. The summed E-state index contributed by atoms with van der Waals surface area (Å²) in [4.78, 5) is 0. The molecule has 0 aliphatic heterocycles. The summed E-state index contributed by atoms with van der Waals surface area (Å²) in [6.07, 6.45) is 5.51. The molecule has 2 aromatic carbocycles. The molecule has 0 atom stereocenters. The van der Waals surface area contributed by atoms with E-state index in [1.54, 1.807) is 0 Å². The fourth-order valence-electron chi connectivity index (χ4n) is 2.19. The van der Waals surface area contributed by atoms with Crippen LogP contribution < -0.4 is 0 Å². The molecule has 0 spiro atoms. The Morgan fingerprint density at radius 3 is 1.84 bits per heavy atom. The van der Waals surface area contributed by atoms with Gasteiger partial charge in [-0.2, -0.15) is 0 Å². The second-order valence-electron chi connectivity index (χ2n) is 4.50. The largest absolute Gasteiger partial charge is 0.0798 e. The number of hydrogen-bond acceptors (Lipinski definition) is 0. The molecule has 0 unspecified atom stereocenters. The van der Waals surface area contributed by atoms with E-state index in [1.165, 1.54) is 22.3 Å². The van der Waals surface area contributed by atoms with Gasteiger partial charge in [0.2, 0.25) is 0 Å². The Bertz CT molecular complexity index is 560. The van der Waals surface area contributed by atoms with Gasteiger partial charge in [0, 0.05) is 0 Å². The van der Waals surface area contributed by atoms with Crippen molar-refractivity contribution in [2.24, 2.45) is 0 Å². The maximum atomic E-state index is 2.30. The van der Waals surface area contributed by atoms with E-state index in [-0.39, 0.29) is 0 Å². The minimum absolute atomic E-state index is 1.04. The lowest BCUT2D eigenvalue weighted by atomic mass is 9.97. The zero-order chi connectivity index (χ0) is 13.5. The number of allylic oxidation sites excluding steroid dienone is 4. The van der Waals surface area contributed by atoms with Crippen LogP contribution in [0.25, 0.3) is 11.1 Å². The second-order valence-corrected chi connectivity index (χ2v) is 4.50. The van der Waals surface area contributed by atoms with Crippen LogP contribution in [0.2, 0.25) is 0 Å². The molecule has 19 heavy (non-hydrogen) atoms. The van der Waals surface area contributed by atoms with E-state index in [1.807, 2.05) is 0 Å². The molecule has 0 nitrogen and oxygen atoms in total. The predicted molar refractivity (Wildman–Crippen MR) is 84.8 cm³/mol. The molecule has 96 valence electrons. The Morgan fingerprint density at radius 1 is 0.842 bits per heavy atom. The van der Waals surface area contributed by atoms with E-state index < -0.39 is 0 Å².